The van der Waals surface area contributed by atoms with Gasteiger partial charge in [-0.15, -0.1) is 0 Å². The third-order valence-corrected chi connectivity index (χ3v) is 3.08. The van der Waals surface area contributed by atoms with E-state index in [1.165, 1.54) is 0 Å². The van der Waals surface area contributed by atoms with Crippen molar-refractivity contribution in [3.8, 4) is 0 Å². The highest BCUT2D eigenvalue weighted by Gasteiger charge is 2.20. The Morgan fingerprint density at radius 2 is 1.67 bits per heavy atom. The van der Waals surface area contributed by atoms with Crippen LogP contribution in [0.4, 0.5) is 0 Å². The van der Waals surface area contributed by atoms with Gasteiger partial charge < -0.3 is 10.6 Å². The van der Waals surface area contributed by atoms with Gasteiger partial charge in [0.1, 0.15) is 0 Å². The van der Waals surface area contributed by atoms with Gasteiger partial charge in [0.05, 0.1) is 6.04 Å². The number of nitrogens with two attached hydrogens (primary N) is 1. The Morgan fingerprint density at radius 1 is 1.13 bits per heavy atom. The number of amides is 1. The minimum atomic E-state index is -0.320. The largest absolute Gasteiger partial charge is 0.341 e. The Morgan fingerprint density at radius 3 is 2.00 bits per heavy atom. The maximum atomic E-state index is 11.9. The van der Waals surface area contributed by atoms with E-state index in [9.17, 15) is 4.79 Å². The molecule has 0 bridgehead atoms. The summed E-state index contributed by atoms with van der Waals surface area (Å²) in [6.45, 7) is 9.94. The summed E-state index contributed by atoms with van der Waals surface area (Å²) in [6, 6.07) is -0.320. The van der Waals surface area contributed by atoms with Crippen LogP contribution in [0, 0.1) is 5.92 Å². The van der Waals surface area contributed by atoms with Crippen LogP contribution in [-0.2, 0) is 4.79 Å². The molecule has 1 amide bonds. The number of hydrogen-bond acceptors (Lipinski definition) is 2. The lowest BCUT2D eigenvalue weighted by molar-refractivity contribution is -0.133. The molecule has 0 saturated heterocycles. The van der Waals surface area contributed by atoms with Gasteiger partial charge in [0.2, 0.25) is 5.91 Å². The van der Waals surface area contributed by atoms with Crippen molar-refractivity contribution >= 4 is 5.91 Å². The highest BCUT2D eigenvalue weighted by Crippen LogP contribution is 2.10. The highest BCUT2D eigenvalue weighted by atomic mass is 16.2. The molecule has 0 rings (SSSR count). The van der Waals surface area contributed by atoms with Crippen LogP contribution < -0.4 is 5.73 Å². The lowest BCUT2D eigenvalue weighted by Gasteiger charge is -2.27. The monoisotopic (exact) mass is 214 g/mol. The molecule has 0 aromatic carbocycles. The maximum absolute atomic E-state index is 11.9. The number of rotatable bonds is 7. The van der Waals surface area contributed by atoms with Crippen molar-refractivity contribution in [3.05, 3.63) is 0 Å². The third-order valence-electron chi connectivity index (χ3n) is 3.08. The van der Waals surface area contributed by atoms with E-state index in [2.05, 4.69) is 13.8 Å². The van der Waals surface area contributed by atoms with Crippen LogP contribution in [0.15, 0.2) is 0 Å². The SMILES string of the molecule is CCC(CC)CN(CC)C(=O)C(N)CC. The molecule has 3 nitrogen and oxygen atoms in total. The van der Waals surface area contributed by atoms with Crippen molar-refractivity contribution in [2.24, 2.45) is 11.7 Å². The topological polar surface area (TPSA) is 46.3 Å². The van der Waals surface area contributed by atoms with Gasteiger partial charge >= 0.3 is 0 Å². The van der Waals surface area contributed by atoms with Crippen LogP contribution in [0.25, 0.3) is 0 Å². The van der Waals surface area contributed by atoms with E-state index in [0.29, 0.717) is 5.92 Å². The minimum absolute atomic E-state index is 0.104. The average Bonchev–Trinajstić information content (AvgIpc) is 2.29. The molecule has 1 atom stereocenters. The fourth-order valence-electron chi connectivity index (χ4n) is 1.64. The molecule has 0 aromatic heterocycles. The smallest absolute Gasteiger partial charge is 0.239 e. The van der Waals surface area contributed by atoms with Gasteiger partial charge in [0.25, 0.3) is 0 Å². The van der Waals surface area contributed by atoms with Crippen molar-refractivity contribution in [1.29, 1.82) is 0 Å². The van der Waals surface area contributed by atoms with Crippen molar-refractivity contribution in [2.75, 3.05) is 13.1 Å². The Labute approximate surface area is 94.0 Å². The first-order valence-electron chi connectivity index (χ1n) is 6.14. The number of hydrogen-bond donors (Lipinski definition) is 1. The molecule has 0 fully saturated rings. The predicted molar refractivity (Wildman–Crippen MR) is 64.6 cm³/mol. The first-order valence-corrected chi connectivity index (χ1v) is 6.14. The predicted octanol–water partition coefficient (Wildman–Crippen LogP) is 2.01. The van der Waals surface area contributed by atoms with E-state index in [1.54, 1.807) is 0 Å². The molecule has 0 aliphatic heterocycles. The van der Waals surface area contributed by atoms with Crippen molar-refractivity contribution < 1.29 is 4.79 Å². The molecule has 0 heterocycles. The Bertz CT molecular complexity index is 178. The third kappa shape index (κ3) is 4.65. The first-order chi connectivity index (χ1) is 7.10. The molecule has 0 radical (unpaired) electrons. The van der Waals surface area contributed by atoms with E-state index in [1.807, 2.05) is 18.7 Å². The van der Waals surface area contributed by atoms with Crippen LogP contribution in [0.3, 0.4) is 0 Å². The quantitative estimate of drug-likeness (QED) is 0.704. The van der Waals surface area contributed by atoms with E-state index in [4.69, 9.17) is 5.73 Å². The number of carbonyl (C=O) groups excluding carboxylic acids is 1. The van der Waals surface area contributed by atoms with Gasteiger partial charge in [0.15, 0.2) is 0 Å². The lowest BCUT2D eigenvalue weighted by atomic mass is 10.0. The van der Waals surface area contributed by atoms with E-state index >= 15 is 0 Å². The molecule has 1 unspecified atom stereocenters. The van der Waals surface area contributed by atoms with Gasteiger partial charge in [-0.1, -0.05) is 33.6 Å². The van der Waals surface area contributed by atoms with Crippen LogP contribution in [0.5, 0.6) is 0 Å². The second kappa shape index (κ2) is 7.69. The summed E-state index contributed by atoms with van der Waals surface area (Å²) in [4.78, 5) is 13.8. The summed E-state index contributed by atoms with van der Waals surface area (Å²) in [6.07, 6.45) is 2.97. The van der Waals surface area contributed by atoms with Crippen LogP contribution >= 0.6 is 0 Å². The fraction of sp³-hybridized carbons (Fsp3) is 0.917. The molecule has 0 saturated carbocycles. The molecular formula is C12H26N2O. The molecule has 0 aliphatic rings. The maximum Gasteiger partial charge on any atom is 0.239 e. The number of nitrogens with zero attached hydrogens (tertiary/aromatic N) is 1. The normalized spacial score (nSPS) is 12.9. The zero-order chi connectivity index (χ0) is 11.8. The standard InChI is InChI=1S/C12H26N2O/c1-5-10(6-2)9-14(8-4)12(15)11(13)7-3/h10-11H,5-9,13H2,1-4H3. The van der Waals surface area contributed by atoms with Crippen LogP contribution in [0.1, 0.15) is 47.0 Å². The molecule has 2 N–H and O–H groups in total. The number of carbonyl (C=O) groups is 1. The van der Waals surface area contributed by atoms with Crippen LogP contribution in [-0.4, -0.2) is 29.9 Å². The summed E-state index contributed by atoms with van der Waals surface area (Å²) >= 11 is 0. The molecule has 0 aromatic rings. The van der Waals surface area contributed by atoms with Crippen LogP contribution in [0.2, 0.25) is 0 Å². The highest BCUT2D eigenvalue weighted by molar-refractivity contribution is 5.81. The molecular weight excluding hydrogens is 188 g/mol. The van der Waals surface area contributed by atoms with Crippen molar-refractivity contribution in [1.82, 2.24) is 4.90 Å². The second-order valence-corrected chi connectivity index (χ2v) is 4.07. The fourth-order valence-corrected chi connectivity index (χ4v) is 1.64. The van der Waals surface area contributed by atoms with Gasteiger partial charge in [-0.05, 0) is 19.3 Å². The van der Waals surface area contributed by atoms with Gasteiger partial charge in [0, 0.05) is 13.1 Å². The van der Waals surface area contributed by atoms with E-state index < -0.39 is 0 Å². The number of likely N-dealkylation sites (N-methyl/N-ethyl adjacent to an activating group) is 1. The molecule has 90 valence electrons. The van der Waals surface area contributed by atoms with Gasteiger partial charge in [-0.3, -0.25) is 4.79 Å². The van der Waals surface area contributed by atoms with Gasteiger partial charge in [-0.2, -0.15) is 0 Å². The molecule has 3 heteroatoms. The Kier molecular flexibility index (Phi) is 7.39. The summed E-state index contributed by atoms with van der Waals surface area (Å²) in [5.74, 6) is 0.713. The average molecular weight is 214 g/mol. The van der Waals surface area contributed by atoms with Crippen molar-refractivity contribution in [3.63, 3.8) is 0 Å². The molecule has 0 aliphatic carbocycles. The van der Waals surface area contributed by atoms with E-state index in [0.717, 1.165) is 32.4 Å². The Hall–Kier alpha value is -0.570. The lowest BCUT2D eigenvalue weighted by Crippen LogP contribution is -2.45. The second-order valence-electron chi connectivity index (χ2n) is 4.07. The molecule has 0 spiro atoms. The zero-order valence-electron chi connectivity index (χ0n) is 10.6. The summed E-state index contributed by atoms with van der Waals surface area (Å²) in [7, 11) is 0. The Balaban J connectivity index is 4.28. The van der Waals surface area contributed by atoms with E-state index in [-0.39, 0.29) is 11.9 Å². The zero-order valence-corrected chi connectivity index (χ0v) is 10.6. The minimum Gasteiger partial charge on any atom is -0.341 e. The van der Waals surface area contributed by atoms with Gasteiger partial charge in [-0.25, -0.2) is 0 Å². The molecule has 15 heavy (non-hydrogen) atoms. The summed E-state index contributed by atoms with van der Waals surface area (Å²) < 4.78 is 0. The summed E-state index contributed by atoms with van der Waals surface area (Å²) in [5.41, 5.74) is 5.76. The van der Waals surface area contributed by atoms with Crippen molar-refractivity contribution in [2.45, 2.75) is 53.0 Å². The summed E-state index contributed by atoms with van der Waals surface area (Å²) in [5, 5.41) is 0. The first kappa shape index (κ1) is 14.4.